The number of aryl methyl sites for hydroxylation is 1. The van der Waals surface area contributed by atoms with Crippen molar-refractivity contribution < 1.29 is 4.79 Å². The van der Waals surface area contributed by atoms with Crippen molar-refractivity contribution in [3.63, 3.8) is 0 Å². The van der Waals surface area contributed by atoms with Crippen molar-refractivity contribution in [2.24, 2.45) is 0 Å². The van der Waals surface area contributed by atoms with Crippen LogP contribution in [-0.2, 0) is 4.79 Å². The summed E-state index contributed by atoms with van der Waals surface area (Å²) in [4.78, 5) is 21.0. The van der Waals surface area contributed by atoms with Crippen LogP contribution in [0.2, 0.25) is 5.02 Å². The topological polar surface area (TPSA) is 85.6 Å². The van der Waals surface area contributed by atoms with E-state index < -0.39 is 0 Å². The zero-order valence-electron chi connectivity index (χ0n) is 15.8. The number of nitrogens with one attached hydrogen (secondary N) is 1. The van der Waals surface area contributed by atoms with E-state index in [1.807, 2.05) is 44.2 Å². The summed E-state index contributed by atoms with van der Waals surface area (Å²) in [7, 11) is 0. The predicted octanol–water partition coefficient (Wildman–Crippen LogP) is 4.21. The third-order valence-corrected chi connectivity index (χ3v) is 5.69. The van der Waals surface area contributed by atoms with Crippen molar-refractivity contribution in [2.45, 2.75) is 18.9 Å². The molecule has 0 fully saturated rings. The van der Waals surface area contributed by atoms with Crippen LogP contribution in [-0.4, -0.2) is 36.6 Å². The lowest BCUT2D eigenvalue weighted by Gasteiger charge is -2.10. The molecular weight excluding hydrogens is 408 g/mol. The van der Waals surface area contributed by atoms with Gasteiger partial charge in [0.25, 0.3) is 0 Å². The molecule has 0 atom stereocenters. The van der Waals surface area contributed by atoms with Gasteiger partial charge in [-0.1, -0.05) is 46.8 Å². The maximum Gasteiger partial charge on any atom is 0.234 e. The van der Waals surface area contributed by atoms with Gasteiger partial charge in [-0.3, -0.25) is 4.79 Å². The summed E-state index contributed by atoms with van der Waals surface area (Å²) in [6.07, 6.45) is 1.44. The molecule has 1 N–H and O–H groups in total. The van der Waals surface area contributed by atoms with Gasteiger partial charge in [0.1, 0.15) is 11.4 Å². The first-order valence-corrected chi connectivity index (χ1v) is 10.2. The van der Waals surface area contributed by atoms with E-state index in [2.05, 4.69) is 25.6 Å². The number of aromatic nitrogens is 5. The lowest BCUT2D eigenvalue weighted by molar-refractivity contribution is -0.113. The molecule has 0 aliphatic heterocycles. The average Bonchev–Trinajstić information content (AvgIpc) is 3.15. The molecule has 1 amide bonds. The smallest absolute Gasteiger partial charge is 0.234 e. The zero-order chi connectivity index (χ0) is 20.4. The van der Waals surface area contributed by atoms with E-state index in [1.165, 1.54) is 18.1 Å². The van der Waals surface area contributed by atoms with Gasteiger partial charge in [-0.25, -0.2) is 9.97 Å². The van der Waals surface area contributed by atoms with E-state index in [0.29, 0.717) is 21.2 Å². The number of thioether (sulfide) groups is 1. The summed E-state index contributed by atoms with van der Waals surface area (Å²) in [6, 6.07) is 13.1. The SMILES string of the molecule is Cc1cccc(NC(=O)CSc2ncnc3c2nnn3-c2cccc(Cl)c2)c1C. The summed E-state index contributed by atoms with van der Waals surface area (Å²) in [5, 5.41) is 12.5. The third kappa shape index (κ3) is 4.08. The Balaban J connectivity index is 1.53. The Morgan fingerprint density at radius 3 is 2.83 bits per heavy atom. The number of fused-ring (bicyclic) bond motifs is 1. The van der Waals surface area contributed by atoms with Crippen LogP contribution < -0.4 is 5.32 Å². The fourth-order valence-corrected chi connectivity index (χ4v) is 3.74. The Kier molecular flexibility index (Phi) is 5.46. The van der Waals surface area contributed by atoms with Crippen LogP contribution in [0.25, 0.3) is 16.9 Å². The first-order chi connectivity index (χ1) is 14.0. The van der Waals surface area contributed by atoms with Gasteiger partial charge >= 0.3 is 0 Å². The number of amides is 1. The van der Waals surface area contributed by atoms with Gasteiger partial charge in [0.05, 0.1) is 11.4 Å². The summed E-state index contributed by atoms with van der Waals surface area (Å²) >= 11 is 7.37. The van der Waals surface area contributed by atoms with Crippen molar-refractivity contribution in [3.8, 4) is 5.69 Å². The number of halogens is 1. The van der Waals surface area contributed by atoms with Crippen LogP contribution in [0.1, 0.15) is 11.1 Å². The highest BCUT2D eigenvalue weighted by Gasteiger charge is 2.15. The molecule has 2 aromatic carbocycles. The maximum absolute atomic E-state index is 12.4. The Bertz CT molecular complexity index is 1210. The van der Waals surface area contributed by atoms with Gasteiger partial charge in [0.15, 0.2) is 11.2 Å². The van der Waals surface area contributed by atoms with Crippen LogP contribution in [0, 0.1) is 13.8 Å². The lowest BCUT2D eigenvalue weighted by atomic mass is 10.1. The van der Waals surface area contributed by atoms with Gasteiger partial charge in [-0.05, 0) is 49.2 Å². The number of carbonyl (C=O) groups is 1. The number of hydrogen-bond donors (Lipinski definition) is 1. The molecule has 2 heterocycles. The number of anilines is 1. The molecule has 146 valence electrons. The quantitative estimate of drug-likeness (QED) is 0.381. The first kappa shape index (κ1) is 19.4. The fourth-order valence-electron chi connectivity index (χ4n) is 2.82. The number of benzene rings is 2. The molecule has 29 heavy (non-hydrogen) atoms. The van der Waals surface area contributed by atoms with Crippen molar-refractivity contribution in [2.75, 3.05) is 11.1 Å². The minimum Gasteiger partial charge on any atom is -0.325 e. The maximum atomic E-state index is 12.4. The second-order valence-corrected chi connectivity index (χ2v) is 7.82. The summed E-state index contributed by atoms with van der Waals surface area (Å²) in [6.45, 7) is 4.00. The standard InChI is InChI=1S/C20H17ClN6OS/c1-12-5-3-8-16(13(12)2)24-17(28)10-29-20-18-19(22-11-23-20)27(26-25-18)15-7-4-6-14(21)9-15/h3-9,11H,10H2,1-2H3,(H,24,28). The summed E-state index contributed by atoms with van der Waals surface area (Å²) < 4.78 is 1.60. The minimum absolute atomic E-state index is 0.113. The zero-order valence-corrected chi connectivity index (χ0v) is 17.3. The van der Waals surface area contributed by atoms with Crippen LogP contribution in [0.3, 0.4) is 0 Å². The van der Waals surface area contributed by atoms with E-state index >= 15 is 0 Å². The van der Waals surface area contributed by atoms with Crippen LogP contribution in [0.4, 0.5) is 5.69 Å². The highest BCUT2D eigenvalue weighted by molar-refractivity contribution is 8.00. The number of rotatable bonds is 5. The number of hydrogen-bond acceptors (Lipinski definition) is 6. The van der Waals surface area contributed by atoms with E-state index in [4.69, 9.17) is 11.6 Å². The predicted molar refractivity (Wildman–Crippen MR) is 115 cm³/mol. The lowest BCUT2D eigenvalue weighted by Crippen LogP contribution is -2.15. The second kappa shape index (κ2) is 8.18. The molecule has 0 aliphatic carbocycles. The number of nitrogens with zero attached hydrogens (tertiary/aromatic N) is 5. The first-order valence-electron chi connectivity index (χ1n) is 8.84. The Hall–Kier alpha value is -2.97. The van der Waals surface area contributed by atoms with Crippen LogP contribution in [0.15, 0.2) is 53.8 Å². The second-order valence-electron chi connectivity index (χ2n) is 6.42. The molecule has 2 aromatic heterocycles. The Morgan fingerprint density at radius 1 is 1.17 bits per heavy atom. The van der Waals surface area contributed by atoms with Gasteiger partial charge < -0.3 is 5.32 Å². The molecule has 0 unspecified atom stereocenters. The fraction of sp³-hybridized carbons (Fsp3) is 0.150. The molecular formula is C20H17ClN6OS. The minimum atomic E-state index is -0.113. The molecule has 4 aromatic rings. The summed E-state index contributed by atoms with van der Waals surface area (Å²) in [5.74, 6) is 0.0847. The van der Waals surface area contributed by atoms with E-state index in [-0.39, 0.29) is 11.7 Å². The van der Waals surface area contributed by atoms with Crippen LogP contribution >= 0.6 is 23.4 Å². The van der Waals surface area contributed by atoms with E-state index in [0.717, 1.165) is 22.5 Å². The molecule has 0 spiro atoms. The Morgan fingerprint density at radius 2 is 2.00 bits per heavy atom. The molecule has 0 bridgehead atoms. The average molecular weight is 425 g/mol. The summed E-state index contributed by atoms with van der Waals surface area (Å²) in [5.41, 5.74) is 4.85. The molecule has 7 nitrogen and oxygen atoms in total. The molecule has 0 saturated heterocycles. The molecule has 9 heteroatoms. The third-order valence-electron chi connectivity index (χ3n) is 4.48. The highest BCUT2D eigenvalue weighted by Crippen LogP contribution is 2.25. The largest absolute Gasteiger partial charge is 0.325 e. The number of carbonyl (C=O) groups excluding carboxylic acids is 1. The molecule has 0 radical (unpaired) electrons. The van der Waals surface area contributed by atoms with Crippen molar-refractivity contribution in [1.82, 2.24) is 25.0 Å². The molecule has 4 rings (SSSR count). The van der Waals surface area contributed by atoms with Crippen molar-refractivity contribution in [3.05, 3.63) is 64.9 Å². The molecule has 0 aliphatic rings. The molecule has 0 saturated carbocycles. The Labute approximate surface area is 176 Å². The normalized spacial score (nSPS) is 11.0. The van der Waals surface area contributed by atoms with Gasteiger partial charge in [-0.2, -0.15) is 4.68 Å². The van der Waals surface area contributed by atoms with Crippen molar-refractivity contribution in [1.29, 1.82) is 0 Å². The monoisotopic (exact) mass is 424 g/mol. The van der Waals surface area contributed by atoms with E-state index in [9.17, 15) is 4.79 Å². The van der Waals surface area contributed by atoms with Crippen LogP contribution in [0.5, 0.6) is 0 Å². The van der Waals surface area contributed by atoms with Crippen molar-refractivity contribution >= 4 is 46.1 Å². The van der Waals surface area contributed by atoms with Gasteiger partial charge in [0.2, 0.25) is 5.91 Å². The van der Waals surface area contributed by atoms with Gasteiger partial charge in [-0.15, -0.1) is 5.10 Å². The van der Waals surface area contributed by atoms with Gasteiger partial charge in [0, 0.05) is 10.7 Å². The van der Waals surface area contributed by atoms with E-state index in [1.54, 1.807) is 16.8 Å². The highest BCUT2D eigenvalue weighted by atomic mass is 35.5.